The number of nitrogens with one attached hydrogen (secondary N) is 1. The lowest BCUT2D eigenvalue weighted by molar-refractivity contribution is -0.0640. The Morgan fingerprint density at radius 1 is 1.38 bits per heavy atom. The van der Waals surface area contributed by atoms with Gasteiger partial charge >= 0.3 is 6.03 Å². The molecular formula is C17H21N3O3S. The Balaban J connectivity index is 1.71. The van der Waals surface area contributed by atoms with E-state index in [0.29, 0.717) is 25.3 Å². The van der Waals surface area contributed by atoms with Crippen LogP contribution in [0.3, 0.4) is 0 Å². The summed E-state index contributed by atoms with van der Waals surface area (Å²) in [6, 6.07) is 4.95. The van der Waals surface area contributed by atoms with Gasteiger partial charge in [0, 0.05) is 25.4 Å². The molecule has 0 unspecified atom stereocenters. The largest absolute Gasteiger partial charge is 0.367 e. The van der Waals surface area contributed by atoms with Crippen molar-refractivity contribution in [3.05, 3.63) is 51.1 Å². The molecule has 128 valence electrons. The molecule has 2 aromatic heterocycles. The van der Waals surface area contributed by atoms with Crippen LogP contribution in [0.5, 0.6) is 0 Å². The quantitative estimate of drug-likeness (QED) is 0.928. The van der Waals surface area contributed by atoms with E-state index in [2.05, 4.69) is 10.7 Å². The topological polar surface area (TPSA) is 63.6 Å². The third-order valence-electron chi connectivity index (χ3n) is 4.04. The molecule has 3 heterocycles. The number of aromatic nitrogens is 1. The second kappa shape index (κ2) is 7.19. The van der Waals surface area contributed by atoms with Crippen molar-refractivity contribution in [2.75, 3.05) is 18.4 Å². The van der Waals surface area contributed by atoms with Crippen LogP contribution in [0.4, 0.5) is 10.5 Å². The summed E-state index contributed by atoms with van der Waals surface area (Å²) in [7, 11) is 0. The summed E-state index contributed by atoms with van der Waals surface area (Å²) in [5.41, 5.74) is 1.64. The number of hydrogen-bond acceptors (Lipinski definition) is 4. The second-order valence-corrected chi connectivity index (χ2v) is 6.65. The van der Waals surface area contributed by atoms with E-state index in [-0.39, 0.29) is 23.8 Å². The number of anilines is 1. The summed E-state index contributed by atoms with van der Waals surface area (Å²) in [6.45, 7) is 5.48. The lowest BCUT2D eigenvalue weighted by Crippen LogP contribution is -2.47. The van der Waals surface area contributed by atoms with Crippen LogP contribution in [-0.4, -0.2) is 34.7 Å². The van der Waals surface area contributed by atoms with Gasteiger partial charge in [0.15, 0.2) is 0 Å². The van der Waals surface area contributed by atoms with Crippen LogP contribution in [0.15, 0.2) is 40.0 Å². The highest BCUT2D eigenvalue weighted by Gasteiger charge is 2.29. The number of aryl methyl sites for hydroxylation is 1. The van der Waals surface area contributed by atoms with Gasteiger partial charge < -0.3 is 19.5 Å². The van der Waals surface area contributed by atoms with Gasteiger partial charge in [0.05, 0.1) is 18.3 Å². The highest BCUT2D eigenvalue weighted by molar-refractivity contribution is 7.07. The van der Waals surface area contributed by atoms with E-state index in [1.54, 1.807) is 33.1 Å². The fourth-order valence-electron chi connectivity index (χ4n) is 2.81. The predicted octanol–water partition coefficient (Wildman–Crippen LogP) is 2.92. The molecule has 3 rings (SSSR count). The van der Waals surface area contributed by atoms with Gasteiger partial charge in [0.25, 0.3) is 5.56 Å². The Morgan fingerprint density at radius 2 is 2.21 bits per heavy atom. The van der Waals surface area contributed by atoms with E-state index in [1.807, 2.05) is 25.3 Å². The van der Waals surface area contributed by atoms with E-state index in [4.69, 9.17) is 4.74 Å². The lowest BCUT2D eigenvalue weighted by atomic mass is 10.1. The Morgan fingerprint density at radius 3 is 2.92 bits per heavy atom. The summed E-state index contributed by atoms with van der Waals surface area (Å²) < 4.78 is 7.51. The van der Waals surface area contributed by atoms with Crippen molar-refractivity contribution in [3.8, 4) is 0 Å². The first-order valence-electron chi connectivity index (χ1n) is 8.00. The smallest absolute Gasteiger partial charge is 0.322 e. The van der Waals surface area contributed by atoms with E-state index < -0.39 is 0 Å². The third kappa shape index (κ3) is 3.68. The van der Waals surface area contributed by atoms with Crippen molar-refractivity contribution in [1.29, 1.82) is 0 Å². The number of amides is 2. The zero-order valence-electron chi connectivity index (χ0n) is 13.8. The molecule has 1 aliphatic heterocycles. The molecule has 0 bridgehead atoms. The molecule has 6 nitrogen and oxygen atoms in total. The average molecular weight is 347 g/mol. The molecular weight excluding hydrogens is 326 g/mol. The van der Waals surface area contributed by atoms with Crippen molar-refractivity contribution in [2.45, 2.75) is 32.6 Å². The van der Waals surface area contributed by atoms with Gasteiger partial charge in [-0.05, 0) is 42.3 Å². The van der Waals surface area contributed by atoms with Gasteiger partial charge in [-0.2, -0.15) is 11.3 Å². The molecule has 0 radical (unpaired) electrons. The minimum Gasteiger partial charge on any atom is -0.367 e. The molecule has 1 aliphatic rings. The molecule has 2 atom stereocenters. The van der Waals surface area contributed by atoms with E-state index in [1.165, 1.54) is 6.07 Å². The number of thiophene rings is 1. The maximum atomic E-state index is 12.6. The van der Waals surface area contributed by atoms with Crippen LogP contribution >= 0.6 is 11.3 Å². The highest BCUT2D eigenvalue weighted by Crippen LogP contribution is 2.27. The number of urea groups is 1. The standard InChI is InChI=1S/C17H21N3O3S/c1-3-19-9-14(4-5-16(19)21)18-17(22)20-8-12(2)23-15(10-20)13-6-7-24-11-13/h4-7,9,11-12,15H,3,8,10H2,1-2H3,(H,18,22)/t12-,15+/m0/s1. The highest BCUT2D eigenvalue weighted by atomic mass is 32.1. The number of carbonyl (C=O) groups excluding carboxylic acids is 1. The number of morpholine rings is 1. The van der Waals surface area contributed by atoms with Gasteiger partial charge in [-0.1, -0.05) is 0 Å². The molecule has 2 amide bonds. The van der Waals surface area contributed by atoms with Crippen molar-refractivity contribution < 1.29 is 9.53 Å². The molecule has 0 aliphatic carbocycles. The zero-order valence-corrected chi connectivity index (χ0v) is 14.6. The Hall–Kier alpha value is -2.12. The van der Waals surface area contributed by atoms with E-state index in [9.17, 15) is 9.59 Å². The lowest BCUT2D eigenvalue weighted by Gasteiger charge is -2.36. The van der Waals surface area contributed by atoms with E-state index in [0.717, 1.165) is 5.56 Å². The van der Waals surface area contributed by atoms with Crippen molar-refractivity contribution in [3.63, 3.8) is 0 Å². The molecule has 24 heavy (non-hydrogen) atoms. The van der Waals surface area contributed by atoms with Crippen LogP contribution < -0.4 is 10.9 Å². The van der Waals surface area contributed by atoms with Gasteiger partial charge in [-0.25, -0.2) is 4.79 Å². The average Bonchev–Trinajstić information content (AvgIpc) is 3.10. The summed E-state index contributed by atoms with van der Waals surface area (Å²) in [5.74, 6) is 0. The Bertz CT molecular complexity index is 757. The molecule has 0 saturated carbocycles. The fourth-order valence-corrected chi connectivity index (χ4v) is 3.52. The molecule has 0 aromatic carbocycles. The van der Waals surface area contributed by atoms with Crippen LogP contribution in [0.2, 0.25) is 0 Å². The first-order valence-corrected chi connectivity index (χ1v) is 8.95. The van der Waals surface area contributed by atoms with Gasteiger partial charge in [0.1, 0.15) is 6.10 Å². The monoisotopic (exact) mass is 347 g/mol. The first-order chi connectivity index (χ1) is 11.6. The van der Waals surface area contributed by atoms with Gasteiger partial charge in [0.2, 0.25) is 0 Å². The van der Waals surface area contributed by atoms with Crippen molar-refractivity contribution in [2.24, 2.45) is 0 Å². The normalized spacial score (nSPS) is 20.8. The molecule has 7 heteroatoms. The second-order valence-electron chi connectivity index (χ2n) is 5.87. The minimum absolute atomic E-state index is 0.0287. The van der Waals surface area contributed by atoms with E-state index >= 15 is 0 Å². The SMILES string of the molecule is CCn1cc(NC(=O)N2C[C@H](C)O[C@@H](c3ccsc3)C2)ccc1=O. The third-order valence-corrected chi connectivity index (χ3v) is 4.74. The summed E-state index contributed by atoms with van der Waals surface area (Å²) in [5, 5.41) is 6.94. The van der Waals surface area contributed by atoms with Crippen LogP contribution in [0.1, 0.15) is 25.5 Å². The van der Waals surface area contributed by atoms with Gasteiger partial charge in [-0.15, -0.1) is 0 Å². The first kappa shape index (κ1) is 16.7. The molecule has 1 fully saturated rings. The fraction of sp³-hybridized carbons (Fsp3) is 0.412. The molecule has 2 aromatic rings. The number of carbonyl (C=O) groups is 1. The summed E-state index contributed by atoms with van der Waals surface area (Å²) >= 11 is 1.62. The summed E-state index contributed by atoms with van der Waals surface area (Å²) in [6.07, 6.45) is 1.54. The minimum atomic E-state index is -0.174. The number of ether oxygens (including phenoxy) is 1. The molecule has 0 spiro atoms. The number of rotatable bonds is 3. The molecule has 1 saturated heterocycles. The summed E-state index contributed by atoms with van der Waals surface area (Å²) in [4.78, 5) is 26.0. The number of pyridine rings is 1. The van der Waals surface area contributed by atoms with Crippen LogP contribution in [0, 0.1) is 0 Å². The zero-order chi connectivity index (χ0) is 17.1. The molecule has 1 N–H and O–H groups in total. The Kier molecular flexibility index (Phi) is 5.01. The number of nitrogens with zero attached hydrogens (tertiary/aromatic N) is 2. The maximum absolute atomic E-state index is 12.6. The van der Waals surface area contributed by atoms with Crippen LogP contribution in [0.25, 0.3) is 0 Å². The van der Waals surface area contributed by atoms with Crippen molar-refractivity contribution in [1.82, 2.24) is 9.47 Å². The Labute approximate surface area is 144 Å². The predicted molar refractivity (Wildman–Crippen MR) is 94.6 cm³/mol. The number of hydrogen-bond donors (Lipinski definition) is 1. The van der Waals surface area contributed by atoms with Crippen LogP contribution in [-0.2, 0) is 11.3 Å². The maximum Gasteiger partial charge on any atom is 0.322 e. The van der Waals surface area contributed by atoms with Crippen molar-refractivity contribution >= 4 is 23.1 Å². The van der Waals surface area contributed by atoms with Gasteiger partial charge in [-0.3, -0.25) is 4.79 Å².